The molecule has 16 rings (SSSR count). The van der Waals surface area contributed by atoms with Gasteiger partial charge in [-0.1, -0.05) is 142 Å². The number of carbonyl (C=O) groups excluding carboxylic acids is 6. The van der Waals surface area contributed by atoms with Gasteiger partial charge in [0, 0.05) is 30.1 Å². The van der Waals surface area contributed by atoms with Crippen molar-refractivity contribution in [3.63, 3.8) is 0 Å². The highest BCUT2D eigenvalue weighted by Crippen LogP contribution is 2.57. The summed E-state index contributed by atoms with van der Waals surface area (Å²) in [7, 11) is 0. The molecule has 0 saturated heterocycles. The van der Waals surface area contributed by atoms with Crippen LogP contribution in [0.15, 0.2) is 182 Å². The quantitative estimate of drug-likeness (QED) is 0.0455. The second kappa shape index (κ2) is 24.9. The van der Waals surface area contributed by atoms with Gasteiger partial charge < -0.3 is 28.4 Å². The van der Waals surface area contributed by atoms with Gasteiger partial charge in [-0.3, -0.25) is 28.8 Å². The molecule has 0 heterocycles. The SMILES string of the molecule is O=C(Oc1cc2c3cc(OC(=O)C4CC4c4ccc(Cl)cc4)c(OC(=O)C4CC4c4ccc(Cl)cc4)cc3c3cc(OC(=O)C4CC4c4ccc(Cl)cc4)c(OC(=O)C4CC4c4ccc(Cl)cc4)cc3c2cc1OC(=O)C1CC1c1ccc(Cl)cc1)C1CC1c1ccc(Cl)cc1. The van der Waals surface area contributed by atoms with E-state index in [1.807, 2.05) is 72.8 Å². The Labute approximate surface area is 580 Å². The highest BCUT2D eigenvalue weighted by Gasteiger charge is 2.51. The van der Waals surface area contributed by atoms with Crippen LogP contribution < -0.4 is 28.4 Å². The lowest BCUT2D eigenvalue weighted by atomic mass is 9.93. The number of benzene rings is 10. The number of carbonyl (C=O) groups is 6. The number of ether oxygens (including phenoxy) is 6. The molecular formula is C78H54Cl6O12. The second-order valence-corrected chi connectivity index (χ2v) is 28.7. The molecule has 10 aromatic rings. The fourth-order valence-corrected chi connectivity index (χ4v) is 14.6. The van der Waals surface area contributed by atoms with Crippen molar-refractivity contribution in [3.8, 4) is 34.5 Å². The summed E-state index contributed by atoms with van der Waals surface area (Å²) in [6, 6.07) is 53.3. The summed E-state index contributed by atoms with van der Waals surface area (Å²) in [5, 5.41) is 5.61. The molecule has 6 fully saturated rings. The Bertz CT molecular complexity index is 4050. The normalized spacial score (nSPS) is 23.9. The molecule has 6 saturated carbocycles. The monoisotopic (exact) mass is 1390 g/mol. The lowest BCUT2D eigenvalue weighted by Crippen LogP contribution is -2.16. The first-order valence-corrected chi connectivity index (χ1v) is 34.1. The number of fused-ring (bicyclic) bond motifs is 6. The minimum absolute atomic E-state index is 0.0920. The highest BCUT2D eigenvalue weighted by atomic mass is 35.5. The summed E-state index contributed by atoms with van der Waals surface area (Å²) >= 11 is 37.6. The number of hydrogen-bond acceptors (Lipinski definition) is 12. The van der Waals surface area contributed by atoms with Gasteiger partial charge in [0.15, 0.2) is 34.5 Å². The van der Waals surface area contributed by atoms with E-state index in [1.54, 1.807) is 109 Å². The van der Waals surface area contributed by atoms with Crippen molar-refractivity contribution in [1.29, 1.82) is 0 Å². The Morgan fingerprint density at radius 3 is 0.469 bits per heavy atom. The van der Waals surface area contributed by atoms with E-state index >= 15 is 0 Å². The van der Waals surface area contributed by atoms with Crippen molar-refractivity contribution in [2.45, 2.75) is 74.0 Å². The molecule has 96 heavy (non-hydrogen) atoms. The van der Waals surface area contributed by atoms with Crippen LogP contribution in [0.4, 0.5) is 0 Å². The summed E-state index contributed by atoms with van der Waals surface area (Å²) in [5.74, 6) is -8.45. The Balaban J connectivity index is 0.860. The summed E-state index contributed by atoms with van der Waals surface area (Å²) in [5.41, 5.74) is 5.41. The molecule has 12 atom stereocenters. The molecular weight excluding hydrogens is 1340 g/mol. The first kappa shape index (κ1) is 62.4. The minimum atomic E-state index is -0.575. The molecule has 6 aliphatic carbocycles. The number of esters is 6. The van der Waals surface area contributed by atoms with E-state index in [9.17, 15) is 28.8 Å². The zero-order valence-corrected chi connectivity index (χ0v) is 55.2. The number of halogens is 6. The van der Waals surface area contributed by atoms with Crippen molar-refractivity contribution < 1.29 is 57.2 Å². The topological polar surface area (TPSA) is 158 Å². The van der Waals surface area contributed by atoms with Crippen LogP contribution in [0.3, 0.4) is 0 Å². The van der Waals surface area contributed by atoms with Crippen molar-refractivity contribution in [2.75, 3.05) is 0 Å². The van der Waals surface area contributed by atoms with E-state index in [0.717, 1.165) is 33.4 Å². The van der Waals surface area contributed by atoms with Crippen LogP contribution in [0.25, 0.3) is 32.3 Å². The van der Waals surface area contributed by atoms with E-state index < -0.39 is 71.3 Å². The zero-order chi connectivity index (χ0) is 65.9. The average Bonchev–Trinajstić information content (AvgIpc) is 1.38. The lowest BCUT2D eigenvalue weighted by Gasteiger charge is -2.19. The first-order chi connectivity index (χ1) is 46.4. The number of rotatable bonds is 18. The molecule has 0 aliphatic heterocycles. The smallest absolute Gasteiger partial charge is 0.315 e. The third-order valence-corrected chi connectivity index (χ3v) is 21.2. The Morgan fingerprint density at radius 1 is 0.219 bits per heavy atom. The molecule has 0 bridgehead atoms. The Kier molecular flexibility index (Phi) is 16.2. The minimum Gasteiger partial charge on any atom is -0.422 e. The predicted molar refractivity (Wildman–Crippen MR) is 367 cm³/mol. The molecule has 0 radical (unpaired) electrons. The van der Waals surface area contributed by atoms with Crippen molar-refractivity contribution in [1.82, 2.24) is 0 Å². The third-order valence-electron chi connectivity index (χ3n) is 19.7. The van der Waals surface area contributed by atoms with Gasteiger partial charge in [-0.05, 0) is 249 Å². The molecule has 0 N–H and O–H groups in total. The van der Waals surface area contributed by atoms with Gasteiger partial charge in [-0.15, -0.1) is 0 Å². The summed E-state index contributed by atoms with van der Waals surface area (Å²) in [6.45, 7) is 0. The van der Waals surface area contributed by atoms with E-state index in [0.29, 0.717) is 101 Å². The highest BCUT2D eigenvalue weighted by molar-refractivity contribution is 6.32. The van der Waals surface area contributed by atoms with Crippen LogP contribution in [-0.2, 0) is 28.8 Å². The van der Waals surface area contributed by atoms with E-state index in [2.05, 4.69) is 0 Å². The van der Waals surface area contributed by atoms with Crippen LogP contribution >= 0.6 is 69.6 Å². The molecule has 0 spiro atoms. The summed E-state index contributed by atoms with van der Waals surface area (Å²) in [4.78, 5) is 87.7. The van der Waals surface area contributed by atoms with Gasteiger partial charge in [0.05, 0.1) is 35.5 Å². The van der Waals surface area contributed by atoms with E-state index in [1.165, 1.54) is 0 Å². The largest absolute Gasteiger partial charge is 0.422 e. The van der Waals surface area contributed by atoms with Gasteiger partial charge in [0.2, 0.25) is 0 Å². The van der Waals surface area contributed by atoms with Gasteiger partial charge in [-0.25, -0.2) is 0 Å². The maximum Gasteiger partial charge on any atom is 0.315 e. The summed E-state index contributed by atoms with van der Waals surface area (Å²) in [6.07, 6.45) is 2.90. The van der Waals surface area contributed by atoms with Crippen LogP contribution in [-0.4, -0.2) is 35.8 Å². The molecule has 480 valence electrons. The maximum absolute atomic E-state index is 14.6. The zero-order valence-electron chi connectivity index (χ0n) is 50.7. The van der Waals surface area contributed by atoms with Crippen molar-refractivity contribution >= 4 is 138 Å². The fraction of sp³-hybridized carbons (Fsp3) is 0.231. The number of hydrogen-bond donors (Lipinski definition) is 0. The van der Waals surface area contributed by atoms with E-state index in [-0.39, 0.29) is 70.0 Å². The second-order valence-electron chi connectivity index (χ2n) is 26.1. The van der Waals surface area contributed by atoms with Crippen LogP contribution in [0.2, 0.25) is 30.1 Å². The van der Waals surface area contributed by atoms with Crippen LogP contribution in [0.1, 0.15) is 107 Å². The molecule has 10 aromatic carbocycles. The molecule has 12 nitrogen and oxygen atoms in total. The Hall–Kier alpha value is -8.46. The van der Waals surface area contributed by atoms with Crippen molar-refractivity contribution in [3.05, 3.63) is 246 Å². The van der Waals surface area contributed by atoms with Crippen LogP contribution in [0, 0.1) is 35.5 Å². The van der Waals surface area contributed by atoms with Gasteiger partial charge in [0.1, 0.15) is 0 Å². The fourth-order valence-electron chi connectivity index (χ4n) is 13.8. The average molecular weight is 1400 g/mol. The molecule has 6 aliphatic rings. The predicted octanol–water partition coefficient (Wildman–Crippen LogP) is 19.3. The molecule has 0 amide bonds. The molecule has 0 aromatic heterocycles. The van der Waals surface area contributed by atoms with Gasteiger partial charge >= 0.3 is 35.8 Å². The van der Waals surface area contributed by atoms with E-state index in [4.69, 9.17) is 98.0 Å². The first-order valence-electron chi connectivity index (χ1n) is 31.8. The van der Waals surface area contributed by atoms with Gasteiger partial charge in [-0.2, -0.15) is 0 Å². The standard InChI is InChI=1S/C78H54Cl6O12/c79-43-13-1-37(2-14-43)49-25-61(49)73(85)91-67-31-55-56(32-68(67)92-74(86)62-26-50(62)38-3-15-44(80)16-4-38)58-34-70(94-76(88)64-28-52(64)40-7-19-46(82)20-8-40)72(96-78(90)66-30-54(66)42-11-23-48(84)24-12-42)36-60(58)59-35-71(95-77(89)65-29-53(65)41-9-21-47(83)22-10-41)69(33-57(55)59)93-75(87)63-27-51(63)39-5-17-45(81)18-6-39/h1-24,31-36,49-54,61-66H,25-30H2. The Morgan fingerprint density at radius 2 is 0.344 bits per heavy atom. The van der Waals surface area contributed by atoms with Crippen LogP contribution in [0.5, 0.6) is 34.5 Å². The van der Waals surface area contributed by atoms with Crippen molar-refractivity contribution in [2.24, 2.45) is 35.5 Å². The summed E-state index contributed by atoms with van der Waals surface area (Å²) < 4.78 is 38.6. The molecule has 12 unspecified atom stereocenters. The lowest BCUT2D eigenvalue weighted by molar-refractivity contribution is -0.138. The maximum atomic E-state index is 14.6. The van der Waals surface area contributed by atoms with Gasteiger partial charge in [0.25, 0.3) is 0 Å². The molecule has 18 heteroatoms. The third kappa shape index (κ3) is 12.7.